The number of nitrogens with two attached hydrogens (primary N) is 1. The summed E-state index contributed by atoms with van der Waals surface area (Å²) in [5.74, 6) is -3.20. The van der Waals surface area contributed by atoms with Crippen molar-refractivity contribution in [3.05, 3.63) is 65.2 Å². The summed E-state index contributed by atoms with van der Waals surface area (Å²) in [6.07, 6.45) is 0. The van der Waals surface area contributed by atoms with E-state index in [4.69, 9.17) is 5.14 Å². The smallest absolute Gasteiger partial charge is 0.549 e. The van der Waals surface area contributed by atoms with Crippen molar-refractivity contribution in [1.82, 2.24) is 10.2 Å². The van der Waals surface area contributed by atoms with Crippen molar-refractivity contribution in [1.29, 1.82) is 0 Å². The molecule has 0 aliphatic carbocycles. The van der Waals surface area contributed by atoms with Gasteiger partial charge in [-0.15, -0.1) is 0 Å². The van der Waals surface area contributed by atoms with Crippen molar-refractivity contribution >= 4 is 27.9 Å². The van der Waals surface area contributed by atoms with Crippen LogP contribution in [0.2, 0.25) is 0 Å². The van der Waals surface area contributed by atoms with Crippen LogP contribution in [0, 0.1) is 0 Å². The fourth-order valence-corrected chi connectivity index (χ4v) is 3.15. The van der Waals surface area contributed by atoms with Gasteiger partial charge in [-0.3, -0.25) is 9.69 Å². The predicted octanol–water partition coefficient (Wildman–Crippen LogP) is -2.44. The van der Waals surface area contributed by atoms with Gasteiger partial charge in [-0.25, -0.2) is 13.6 Å². The first kappa shape index (κ1) is 26.3. The molecule has 0 fully saturated rings. The van der Waals surface area contributed by atoms with Crippen molar-refractivity contribution < 1.29 is 50.1 Å². The molecule has 0 aliphatic rings. The third kappa shape index (κ3) is 8.87. The molecular weight excluding hydrogens is 478 g/mol. The first-order valence-corrected chi connectivity index (χ1v) is 10.2. The Morgan fingerprint density at radius 1 is 0.871 bits per heavy atom. The molecule has 1 amide bonds. The summed E-state index contributed by atoms with van der Waals surface area (Å²) in [5.41, 5.74) is 1.62. The molecule has 169 valence electrons. The average molecular weight is 497 g/mol. The van der Waals surface area contributed by atoms with Gasteiger partial charge in [0.05, 0.1) is 16.8 Å². The minimum absolute atomic E-state index is 0. The Morgan fingerprint density at radius 3 is 1.81 bits per heavy atom. The second kappa shape index (κ2) is 11.6. The number of hydrogen-bond donors (Lipinski definition) is 2. The van der Waals surface area contributed by atoms with Gasteiger partial charge in [0.1, 0.15) is 0 Å². The summed E-state index contributed by atoms with van der Waals surface area (Å²) in [4.78, 5) is 34.8. The topological polar surface area (TPSA) is 173 Å². The van der Waals surface area contributed by atoms with Gasteiger partial charge >= 0.3 is 17.1 Å². The summed E-state index contributed by atoms with van der Waals surface area (Å²) in [5, 5.41) is 29.2. The van der Waals surface area contributed by atoms with Crippen molar-refractivity contribution in [2.24, 2.45) is 5.14 Å². The Labute approximate surface area is 189 Å². The predicted molar refractivity (Wildman–Crippen MR) is 101 cm³/mol. The molecule has 0 spiro atoms. The molecule has 1 radical (unpaired) electrons. The number of hydrogen-bond acceptors (Lipinski definition) is 8. The summed E-state index contributed by atoms with van der Waals surface area (Å²) >= 11 is 0. The molecule has 2 aromatic rings. The maximum atomic E-state index is 12.3. The van der Waals surface area contributed by atoms with Crippen LogP contribution in [0.3, 0.4) is 0 Å². The minimum Gasteiger partial charge on any atom is -0.549 e. The number of carboxylic acid groups (broad SMARTS) is 2. The Balaban J connectivity index is 0.00000480. The SMILES string of the molecule is NS(=O)(=O)c1ccc(CNC(=O)c2ccc(CN(CC(=O)[O-])CC(=O)[O-])cc2)cc1.[Cu+2]. The number of rotatable bonds is 10. The van der Waals surface area contributed by atoms with Gasteiger partial charge in [-0.2, -0.15) is 0 Å². The second-order valence-corrected chi connectivity index (χ2v) is 8.02. The summed E-state index contributed by atoms with van der Waals surface area (Å²) in [7, 11) is -3.78. The van der Waals surface area contributed by atoms with E-state index in [9.17, 15) is 33.0 Å². The van der Waals surface area contributed by atoms with Crippen LogP contribution in [0.15, 0.2) is 53.4 Å². The molecule has 0 saturated heterocycles. The van der Waals surface area contributed by atoms with Crippen LogP contribution in [-0.2, 0) is 49.8 Å². The molecule has 0 saturated carbocycles. The van der Waals surface area contributed by atoms with E-state index in [2.05, 4.69) is 5.32 Å². The Kier molecular flexibility index (Phi) is 9.82. The number of carbonyl (C=O) groups is 3. The van der Waals surface area contributed by atoms with Gasteiger partial charge in [0.15, 0.2) is 0 Å². The van der Waals surface area contributed by atoms with Crippen LogP contribution in [-0.4, -0.2) is 44.3 Å². The molecule has 2 rings (SSSR count). The number of nitrogens with zero attached hydrogens (tertiary/aromatic N) is 1. The normalized spacial score (nSPS) is 10.9. The van der Waals surface area contributed by atoms with E-state index >= 15 is 0 Å². The third-order valence-electron chi connectivity index (χ3n) is 4.03. The molecule has 3 N–H and O–H groups in total. The minimum atomic E-state index is -3.78. The molecule has 0 atom stereocenters. The van der Waals surface area contributed by atoms with E-state index in [1.807, 2.05) is 0 Å². The number of primary sulfonamides is 1. The average Bonchev–Trinajstić information content (AvgIpc) is 2.65. The first-order chi connectivity index (χ1) is 14.0. The molecule has 0 aromatic heterocycles. The van der Waals surface area contributed by atoms with Crippen molar-refractivity contribution in [3.63, 3.8) is 0 Å². The number of sulfonamides is 1. The van der Waals surface area contributed by atoms with E-state index in [-0.39, 0.29) is 41.0 Å². The van der Waals surface area contributed by atoms with Crippen LogP contribution in [0.25, 0.3) is 0 Å². The Morgan fingerprint density at radius 2 is 1.35 bits per heavy atom. The molecule has 31 heavy (non-hydrogen) atoms. The molecule has 0 unspecified atom stereocenters. The number of nitrogens with one attached hydrogen (secondary N) is 1. The molecule has 12 heteroatoms. The monoisotopic (exact) mass is 496 g/mol. The van der Waals surface area contributed by atoms with Gasteiger partial charge in [-0.1, -0.05) is 24.3 Å². The van der Waals surface area contributed by atoms with Gasteiger partial charge in [0, 0.05) is 31.7 Å². The van der Waals surface area contributed by atoms with Crippen LogP contribution >= 0.6 is 0 Å². The van der Waals surface area contributed by atoms with Crippen LogP contribution in [0.1, 0.15) is 21.5 Å². The van der Waals surface area contributed by atoms with Gasteiger partial charge in [0.2, 0.25) is 10.0 Å². The molecule has 0 heterocycles. The number of carbonyl (C=O) groups excluding carboxylic acids is 3. The Bertz CT molecular complexity index is 1010. The maximum Gasteiger partial charge on any atom is 2.00 e. The number of aliphatic carboxylic acids is 2. The molecule has 2 aromatic carbocycles. The second-order valence-electron chi connectivity index (χ2n) is 6.46. The van der Waals surface area contributed by atoms with E-state index < -0.39 is 35.1 Å². The summed E-state index contributed by atoms with van der Waals surface area (Å²) < 4.78 is 22.5. The van der Waals surface area contributed by atoms with Crippen molar-refractivity contribution in [2.75, 3.05) is 13.1 Å². The number of amides is 1. The quantitative estimate of drug-likeness (QED) is 0.341. The molecule has 0 bridgehead atoms. The number of carboxylic acids is 2. The zero-order valence-electron chi connectivity index (χ0n) is 16.0. The van der Waals surface area contributed by atoms with Gasteiger partial charge in [-0.05, 0) is 35.4 Å². The Hall–Kier alpha value is -2.76. The molecular formula is C19H19CuN3O7S. The van der Waals surface area contributed by atoms with Crippen LogP contribution < -0.4 is 20.7 Å². The molecule has 10 nitrogen and oxygen atoms in total. The zero-order valence-corrected chi connectivity index (χ0v) is 17.8. The van der Waals surface area contributed by atoms with E-state index in [0.717, 1.165) is 4.90 Å². The van der Waals surface area contributed by atoms with E-state index in [1.165, 1.54) is 36.4 Å². The maximum absolute atomic E-state index is 12.3. The van der Waals surface area contributed by atoms with Gasteiger partial charge in [0.25, 0.3) is 5.91 Å². The molecule has 0 aliphatic heterocycles. The fourth-order valence-electron chi connectivity index (χ4n) is 2.63. The van der Waals surface area contributed by atoms with Crippen LogP contribution in [0.5, 0.6) is 0 Å². The first-order valence-electron chi connectivity index (χ1n) is 8.65. The number of benzene rings is 2. The van der Waals surface area contributed by atoms with E-state index in [0.29, 0.717) is 16.7 Å². The summed E-state index contributed by atoms with van der Waals surface area (Å²) in [6, 6.07) is 11.9. The summed E-state index contributed by atoms with van der Waals surface area (Å²) in [6.45, 7) is -0.947. The fraction of sp³-hybridized carbons (Fsp3) is 0.211. The van der Waals surface area contributed by atoms with Crippen molar-refractivity contribution in [3.8, 4) is 0 Å². The zero-order chi connectivity index (χ0) is 22.3. The van der Waals surface area contributed by atoms with E-state index in [1.54, 1.807) is 12.1 Å². The van der Waals surface area contributed by atoms with Gasteiger partial charge < -0.3 is 25.1 Å². The van der Waals surface area contributed by atoms with Crippen molar-refractivity contribution in [2.45, 2.75) is 18.0 Å². The third-order valence-corrected chi connectivity index (χ3v) is 4.96. The standard InChI is InChI=1S/C19H21N3O7S.Cu/c20-30(28,29)16-7-3-13(4-8-16)9-21-19(27)15-5-1-14(2-6-15)10-22(11-17(23)24)12-18(25)26;/h1-8H,9-12H2,(H,21,27)(H,23,24)(H,25,26)(H2,20,28,29);/q;+2/p-2. The van der Waals surface area contributed by atoms with Crippen LogP contribution in [0.4, 0.5) is 0 Å². The largest absolute Gasteiger partial charge is 2.00 e.